The van der Waals surface area contributed by atoms with Crippen molar-refractivity contribution in [1.82, 2.24) is 97.6 Å². The van der Waals surface area contributed by atoms with Crippen LogP contribution in [0.15, 0.2) is 104 Å². The van der Waals surface area contributed by atoms with Gasteiger partial charge in [0.05, 0.1) is 38.2 Å². The molecule has 3 aromatic heterocycles. The number of H-pyrrole nitrogens is 3. The number of nitrogens with zero attached hydrogens (tertiary/aromatic N) is 6. The number of unbranched alkanes of at least 4 members (excludes halogenated alkanes) is 2. The molecule has 0 radical (unpaired) electrons. The fourth-order valence-electron chi connectivity index (χ4n) is 15.4. The van der Waals surface area contributed by atoms with Crippen molar-refractivity contribution >= 4 is 134 Å². The van der Waals surface area contributed by atoms with Crippen molar-refractivity contribution in [1.29, 1.82) is 0 Å². The molecular formula is C87H122N22O18S. The minimum atomic E-state index is -1.84. The van der Waals surface area contributed by atoms with Crippen molar-refractivity contribution in [3.63, 3.8) is 0 Å². The van der Waals surface area contributed by atoms with E-state index in [4.69, 9.17) is 17.2 Å². The summed E-state index contributed by atoms with van der Waals surface area (Å²) >= 11 is 0.807. The molecule has 20 N–H and O–H groups in total. The third-order valence-corrected chi connectivity index (χ3v) is 23.6. The smallest absolute Gasteiger partial charge is 0.246 e. The maximum Gasteiger partial charge on any atom is 0.246 e. The molecule has 5 heterocycles. The predicted molar refractivity (Wildman–Crippen MR) is 474 cm³/mol. The summed E-state index contributed by atoms with van der Waals surface area (Å²) in [5.41, 5.74) is 20.5. The lowest BCUT2D eigenvalue weighted by atomic mass is 10.00. The number of nitrogens with two attached hydrogens (primary N) is 3. The normalized spacial score (nSPS) is 23.9. The van der Waals surface area contributed by atoms with Gasteiger partial charge in [0, 0.05) is 112 Å². The predicted octanol–water partition coefficient (Wildman–Crippen LogP) is -2.05. The number of imidazole rings is 1. The van der Waals surface area contributed by atoms with E-state index in [1.165, 1.54) is 47.6 Å². The fraction of sp³-hybridized carbons (Fsp3) is 0.517. The van der Waals surface area contributed by atoms with E-state index in [0.29, 0.717) is 69.9 Å². The Balaban J connectivity index is 1.16. The number of aromatic nitrogens is 4. The van der Waals surface area contributed by atoms with Gasteiger partial charge in [-0.05, 0) is 86.7 Å². The Morgan fingerprint density at radius 1 is 0.539 bits per heavy atom. The first-order valence-corrected chi connectivity index (χ1v) is 44.1. The van der Waals surface area contributed by atoms with Crippen molar-refractivity contribution < 1.29 is 86.6 Å². The Bertz CT molecular complexity index is 4890. The van der Waals surface area contributed by atoms with E-state index in [1.807, 2.05) is 13.8 Å². The molecular weight excluding hydrogens is 1670 g/mol. The Morgan fingerprint density at radius 2 is 1.07 bits per heavy atom. The van der Waals surface area contributed by atoms with Crippen LogP contribution in [0.3, 0.4) is 0 Å². The summed E-state index contributed by atoms with van der Waals surface area (Å²) in [4.78, 5) is 266. The summed E-state index contributed by atoms with van der Waals surface area (Å²) in [6.07, 6.45) is 6.11. The lowest BCUT2D eigenvalue weighted by molar-refractivity contribution is -0.149. The molecule has 694 valence electrons. The molecule has 8 rings (SSSR count). The van der Waals surface area contributed by atoms with Crippen molar-refractivity contribution in [2.75, 3.05) is 72.5 Å². The number of aliphatic hydroxyl groups is 1. The number of carbonyl (C=O) groups excluding carboxylic acids is 17. The molecule has 0 saturated carbocycles. The van der Waals surface area contributed by atoms with Crippen LogP contribution in [0.1, 0.15) is 128 Å². The molecule has 2 aliphatic heterocycles. The van der Waals surface area contributed by atoms with Crippen LogP contribution in [-0.4, -0.2) is 301 Å². The van der Waals surface area contributed by atoms with Crippen molar-refractivity contribution in [3.8, 4) is 0 Å². The molecule has 128 heavy (non-hydrogen) atoms. The fourth-order valence-corrected chi connectivity index (χ4v) is 16.3. The maximum absolute atomic E-state index is 15.6. The van der Waals surface area contributed by atoms with Gasteiger partial charge in [-0.2, -0.15) is 0 Å². The highest BCUT2D eigenvalue weighted by atomic mass is 32.2. The van der Waals surface area contributed by atoms with Crippen LogP contribution in [0.5, 0.6) is 0 Å². The molecule has 3 aromatic carbocycles. The molecule has 6 aromatic rings. The Morgan fingerprint density at radius 3 is 1.66 bits per heavy atom. The third kappa shape index (κ3) is 28.4. The van der Waals surface area contributed by atoms with Crippen LogP contribution in [0.2, 0.25) is 0 Å². The number of thioether (sulfide) groups is 1. The Hall–Kier alpha value is -12.8. The number of hydrogen-bond donors (Lipinski definition) is 17. The van der Waals surface area contributed by atoms with Crippen LogP contribution >= 0.6 is 11.8 Å². The zero-order valence-corrected chi connectivity index (χ0v) is 74.5. The van der Waals surface area contributed by atoms with Crippen LogP contribution in [0, 0.1) is 5.92 Å². The topological polar surface area (TPSA) is 585 Å². The Kier molecular flexibility index (Phi) is 38.4. The van der Waals surface area contributed by atoms with Gasteiger partial charge in [0.25, 0.3) is 0 Å². The minimum absolute atomic E-state index is 0.0201. The first kappa shape index (κ1) is 101. The van der Waals surface area contributed by atoms with Crippen molar-refractivity contribution in [2.24, 2.45) is 23.1 Å². The largest absolute Gasteiger partial charge is 0.394 e. The highest BCUT2D eigenvalue weighted by molar-refractivity contribution is 8.00. The summed E-state index contributed by atoms with van der Waals surface area (Å²) in [5.74, 6) is -16.5. The van der Waals surface area contributed by atoms with E-state index in [2.05, 4.69) is 73.1 Å². The first-order chi connectivity index (χ1) is 61.1. The van der Waals surface area contributed by atoms with Gasteiger partial charge >= 0.3 is 0 Å². The SMILES string of the molecule is CCCC[C@H]1C(=O)N(C)[C@@H](CCCC)C(=O)NC(CCN)C(=O)N[C@H](C(=O)NCC(N)=O)CSCC(=O)N[C@@H](Cc2ccccc2)C(=O)N(C)[C@@H](C)C(=O)N[C@@H](CC(N)=O)C(=O)N2CCC[C@H]2C(=O)N[C@@H](Cc2cnc[nH]2)C(=O)N[C@@H](CC(C)C)C(=O)N(C)CC(=O)N[C@@H](Cc2c[nH]c3ccccc23)C(=O)N[C@@H](CO)C(=O)N[C@@H](Cc2c[nH]c3ccccc23)C(=O)N1C. The lowest BCUT2D eigenvalue weighted by Crippen LogP contribution is -2.61. The van der Waals surface area contributed by atoms with E-state index in [-0.39, 0.29) is 89.0 Å². The molecule has 0 spiro atoms. The van der Waals surface area contributed by atoms with Gasteiger partial charge in [0.1, 0.15) is 78.5 Å². The van der Waals surface area contributed by atoms with Crippen LogP contribution in [-0.2, 0) is 107 Å². The monoisotopic (exact) mass is 1790 g/mol. The van der Waals surface area contributed by atoms with Crippen LogP contribution < -0.4 is 70.4 Å². The molecule has 13 atom stereocenters. The number of carbonyl (C=O) groups is 17. The molecule has 17 amide bonds. The zero-order chi connectivity index (χ0) is 93.6. The minimum Gasteiger partial charge on any atom is -0.394 e. The van der Waals surface area contributed by atoms with Gasteiger partial charge in [-0.15, -0.1) is 11.8 Å². The van der Waals surface area contributed by atoms with Gasteiger partial charge in [-0.3, -0.25) is 81.5 Å². The number of fused-ring (bicyclic) bond motifs is 3. The van der Waals surface area contributed by atoms with Crippen molar-refractivity contribution in [3.05, 3.63) is 126 Å². The van der Waals surface area contributed by atoms with E-state index in [9.17, 15) is 67.4 Å². The number of hydrogen-bond acceptors (Lipinski definition) is 21. The molecule has 0 aliphatic carbocycles. The summed E-state index contributed by atoms with van der Waals surface area (Å²) in [5, 5.41) is 38.8. The number of nitrogens with one attached hydrogen (secondary N) is 13. The average molecular weight is 1800 g/mol. The zero-order valence-electron chi connectivity index (χ0n) is 73.7. The molecule has 2 saturated heterocycles. The molecule has 1 unspecified atom stereocenters. The average Bonchev–Trinajstić information content (AvgIpc) is 1.07. The summed E-state index contributed by atoms with van der Waals surface area (Å²) in [6, 6.07) is 3.18. The molecule has 2 fully saturated rings. The van der Waals surface area contributed by atoms with Crippen molar-refractivity contribution in [2.45, 2.75) is 209 Å². The second-order valence-electron chi connectivity index (χ2n) is 32.7. The molecule has 2 aliphatic rings. The van der Waals surface area contributed by atoms with Gasteiger partial charge < -0.3 is 115 Å². The quantitative estimate of drug-likeness (QED) is 0.0310. The highest BCUT2D eigenvalue weighted by Crippen LogP contribution is 2.26. The summed E-state index contributed by atoms with van der Waals surface area (Å²) in [6.45, 7) is 5.78. The van der Waals surface area contributed by atoms with Gasteiger partial charge in [0.15, 0.2) is 0 Å². The lowest BCUT2D eigenvalue weighted by Gasteiger charge is -2.36. The number of rotatable bonds is 24. The summed E-state index contributed by atoms with van der Waals surface area (Å²) in [7, 11) is 5.27. The molecule has 0 bridgehead atoms. The van der Waals surface area contributed by atoms with E-state index >= 15 is 19.2 Å². The number of para-hydroxylation sites is 2. The van der Waals surface area contributed by atoms with E-state index in [0.717, 1.165) is 36.3 Å². The highest BCUT2D eigenvalue weighted by Gasteiger charge is 2.44. The van der Waals surface area contributed by atoms with E-state index < -0.39 is 211 Å². The Labute approximate surface area is 745 Å². The number of amides is 17. The standard InChI is InChI=1S/C87H122N22O18S/c1-10-12-28-68-81(121)98-59(31-32-88)77(117)104-67(76(116)94-43-72(90)112)46-128-47-74(114)97-63(35-51-22-15-14-16-23-51)84(124)106(7)50(5)75(115)100-65(39-71(89)111)86(126)109-33-21-30-69(109)82(122)99-61(38-54-42-91-48-95-54)79(119)101-62(34-49(3)4)83(123)105(6)44-73(113)96-60(36-52-40-92-57-26-19-17-24-55(52)57)78(118)103-66(45-110)80(120)102-64(37-53-41-93-58-27-20-18-25-56(53)58)85(125)108(9)70(29-13-11-2)87(127)107(68)8/h14-20,22-27,40-42,48-50,59-70,92-93,110H,10-13,21,28-39,43-47,88H2,1-9H3,(H2,89,111)(H2,90,112)(H,91,95)(H,94,116)(H,96,113)(H,97,114)(H,98,121)(H,99,122)(H,100,115)(H,101,119)(H,102,120)(H,103,118)(H,104,117)/t50-,59?,60-,61-,62-,63-,64-,65-,66-,67-,68-,69-,70-/m0/s1. The summed E-state index contributed by atoms with van der Waals surface area (Å²) < 4.78 is 0. The van der Waals surface area contributed by atoms with Gasteiger partial charge in [0.2, 0.25) is 100 Å². The van der Waals surface area contributed by atoms with Crippen LogP contribution in [0.4, 0.5) is 0 Å². The van der Waals surface area contributed by atoms with E-state index in [1.54, 1.807) is 105 Å². The first-order valence-electron chi connectivity index (χ1n) is 43.0. The second kappa shape index (κ2) is 48.8. The number of primary amides is 2. The number of aliphatic hydroxyl groups excluding tert-OH is 1. The van der Waals surface area contributed by atoms with Gasteiger partial charge in [-0.1, -0.05) is 120 Å². The number of aromatic amines is 3. The molecule has 40 nitrogen and oxygen atoms in total. The van der Waals surface area contributed by atoms with Crippen LogP contribution in [0.25, 0.3) is 21.8 Å². The second-order valence-corrected chi connectivity index (χ2v) is 33.8. The molecule has 41 heteroatoms. The number of benzene rings is 3. The van der Waals surface area contributed by atoms with Gasteiger partial charge in [-0.25, -0.2) is 4.98 Å². The maximum atomic E-state index is 15.6. The number of likely N-dealkylation sites (N-methyl/N-ethyl adjacent to an activating group) is 4. The third-order valence-electron chi connectivity index (χ3n) is 22.6.